The van der Waals surface area contributed by atoms with Crippen LogP contribution in [0.1, 0.15) is 16.8 Å². The molecule has 1 aromatic rings. The minimum Gasteiger partial charge on any atom is -0.454 e. The van der Waals surface area contributed by atoms with Gasteiger partial charge in [-0.05, 0) is 12.1 Å². The number of halogens is 1. The van der Waals surface area contributed by atoms with Crippen molar-refractivity contribution < 1.29 is 24.0 Å². The predicted octanol–water partition coefficient (Wildman–Crippen LogP) is 0.551. The summed E-state index contributed by atoms with van der Waals surface area (Å²) < 4.78 is 4.62. The average molecular weight is 369 g/mol. The zero-order valence-electron chi connectivity index (χ0n) is 12.8. The highest BCUT2D eigenvalue weighted by Crippen LogP contribution is 2.24. The standard InChI is InChI=1S/C14H13ClN4O6/c15-10-3-2-9(6-11(10)19(23)24)14(22)18-7-13(21)25-8-12(20)17-5-1-4-16/h2-3,6H,1,5,7-8H2,(H,17,20)(H,18,22). The highest BCUT2D eigenvalue weighted by molar-refractivity contribution is 6.32. The van der Waals surface area contributed by atoms with Gasteiger partial charge in [-0.15, -0.1) is 0 Å². The molecule has 0 aliphatic rings. The van der Waals surface area contributed by atoms with Gasteiger partial charge < -0.3 is 15.4 Å². The van der Waals surface area contributed by atoms with E-state index < -0.39 is 41.5 Å². The third kappa shape index (κ3) is 6.84. The molecule has 11 heteroatoms. The van der Waals surface area contributed by atoms with E-state index in [1.165, 1.54) is 12.1 Å². The van der Waals surface area contributed by atoms with E-state index in [0.717, 1.165) is 6.07 Å². The topological polar surface area (TPSA) is 151 Å². The van der Waals surface area contributed by atoms with Crippen molar-refractivity contribution in [1.82, 2.24) is 10.6 Å². The monoisotopic (exact) mass is 368 g/mol. The summed E-state index contributed by atoms with van der Waals surface area (Å²) in [6.07, 6.45) is 0.128. The van der Waals surface area contributed by atoms with Gasteiger partial charge in [0.25, 0.3) is 17.5 Å². The number of esters is 1. The zero-order valence-corrected chi connectivity index (χ0v) is 13.5. The van der Waals surface area contributed by atoms with Crippen LogP contribution in [0.3, 0.4) is 0 Å². The number of nitrogens with zero attached hydrogens (tertiary/aromatic N) is 2. The third-order valence-corrected chi connectivity index (χ3v) is 3.04. The molecule has 10 nitrogen and oxygen atoms in total. The minimum absolute atomic E-state index is 0.0573. The van der Waals surface area contributed by atoms with Gasteiger partial charge in [0.05, 0.1) is 17.4 Å². The maximum atomic E-state index is 11.9. The summed E-state index contributed by atoms with van der Waals surface area (Å²) in [5, 5.41) is 23.5. The van der Waals surface area contributed by atoms with E-state index in [4.69, 9.17) is 16.9 Å². The van der Waals surface area contributed by atoms with Crippen molar-refractivity contribution in [3.8, 4) is 6.07 Å². The van der Waals surface area contributed by atoms with Gasteiger partial charge in [0.15, 0.2) is 6.61 Å². The number of ether oxygens (including phenoxy) is 1. The first-order valence-corrected chi connectivity index (χ1v) is 7.24. The lowest BCUT2D eigenvalue weighted by atomic mass is 10.2. The summed E-state index contributed by atoms with van der Waals surface area (Å²) in [4.78, 5) is 44.6. The number of nitro groups is 1. The molecule has 1 rings (SSSR count). The molecule has 0 atom stereocenters. The van der Waals surface area contributed by atoms with Crippen LogP contribution in [0.5, 0.6) is 0 Å². The number of nitrogens with one attached hydrogen (secondary N) is 2. The van der Waals surface area contributed by atoms with E-state index in [9.17, 15) is 24.5 Å². The van der Waals surface area contributed by atoms with Gasteiger partial charge in [-0.25, -0.2) is 0 Å². The van der Waals surface area contributed by atoms with E-state index >= 15 is 0 Å². The first-order valence-electron chi connectivity index (χ1n) is 6.86. The highest BCUT2D eigenvalue weighted by atomic mass is 35.5. The van der Waals surface area contributed by atoms with Crippen molar-refractivity contribution in [3.63, 3.8) is 0 Å². The first-order chi connectivity index (χ1) is 11.8. The van der Waals surface area contributed by atoms with Crippen LogP contribution in [0.2, 0.25) is 5.02 Å². The molecular weight excluding hydrogens is 356 g/mol. The molecule has 0 aromatic heterocycles. The van der Waals surface area contributed by atoms with E-state index in [0.29, 0.717) is 0 Å². The van der Waals surface area contributed by atoms with Crippen molar-refractivity contribution >= 4 is 35.1 Å². The number of benzene rings is 1. The van der Waals surface area contributed by atoms with E-state index in [1.807, 2.05) is 6.07 Å². The SMILES string of the molecule is N#CCCNC(=O)COC(=O)CNC(=O)c1ccc(Cl)c([N+](=O)[O-])c1. The maximum Gasteiger partial charge on any atom is 0.325 e. The lowest BCUT2D eigenvalue weighted by molar-refractivity contribution is -0.384. The summed E-state index contributed by atoms with van der Waals surface area (Å²) in [5.74, 6) is -2.19. The summed E-state index contributed by atoms with van der Waals surface area (Å²) in [6, 6.07) is 5.26. The molecule has 2 N–H and O–H groups in total. The predicted molar refractivity (Wildman–Crippen MR) is 84.6 cm³/mol. The van der Waals surface area contributed by atoms with E-state index in [1.54, 1.807) is 0 Å². The molecule has 0 fully saturated rings. The fourth-order valence-corrected chi connectivity index (χ4v) is 1.74. The average Bonchev–Trinajstić information content (AvgIpc) is 2.58. The summed E-state index contributed by atoms with van der Waals surface area (Å²) >= 11 is 5.64. The molecule has 0 unspecified atom stereocenters. The van der Waals surface area contributed by atoms with Crippen LogP contribution < -0.4 is 10.6 Å². The molecule has 0 spiro atoms. The van der Waals surface area contributed by atoms with Gasteiger partial charge in [0, 0.05) is 18.2 Å². The number of nitro benzene ring substituents is 1. The van der Waals surface area contributed by atoms with Gasteiger partial charge in [0.1, 0.15) is 11.6 Å². The third-order valence-electron chi connectivity index (χ3n) is 2.72. The lowest BCUT2D eigenvalue weighted by Crippen LogP contribution is -2.34. The smallest absolute Gasteiger partial charge is 0.325 e. The number of rotatable bonds is 8. The van der Waals surface area contributed by atoms with Crippen LogP contribution in [0.4, 0.5) is 5.69 Å². The Bertz CT molecular complexity index is 731. The molecule has 0 heterocycles. The molecule has 0 aliphatic carbocycles. The van der Waals surface area contributed by atoms with Crippen LogP contribution in [-0.4, -0.2) is 42.4 Å². The van der Waals surface area contributed by atoms with Crippen molar-refractivity contribution in [1.29, 1.82) is 5.26 Å². The quantitative estimate of drug-likeness (QED) is 0.294. The second-order valence-electron chi connectivity index (χ2n) is 4.52. The molecule has 132 valence electrons. The van der Waals surface area contributed by atoms with Crippen molar-refractivity contribution in [2.45, 2.75) is 6.42 Å². The Labute approximate surface area is 146 Å². The zero-order chi connectivity index (χ0) is 18.8. The highest BCUT2D eigenvalue weighted by Gasteiger charge is 2.17. The Morgan fingerprint density at radius 1 is 1.32 bits per heavy atom. The second-order valence-corrected chi connectivity index (χ2v) is 4.93. The van der Waals surface area contributed by atoms with Crippen LogP contribution in [0.25, 0.3) is 0 Å². The van der Waals surface area contributed by atoms with Gasteiger partial charge >= 0.3 is 5.97 Å². The fourth-order valence-electron chi connectivity index (χ4n) is 1.55. The Morgan fingerprint density at radius 2 is 2.04 bits per heavy atom. The minimum atomic E-state index is -0.868. The fraction of sp³-hybridized carbons (Fsp3) is 0.286. The van der Waals surface area contributed by atoms with Crippen LogP contribution in [0, 0.1) is 21.4 Å². The normalized spacial score (nSPS) is 9.60. The van der Waals surface area contributed by atoms with Crippen LogP contribution >= 0.6 is 11.6 Å². The van der Waals surface area contributed by atoms with Gasteiger partial charge in [-0.3, -0.25) is 24.5 Å². The Morgan fingerprint density at radius 3 is 2.68 bits per heavy atom. The molecule has 0 saturated carbocycles. The number of hydrogen-bond acceptors (Lipinski definition) is 7. The molecule has 0 bridgehead atoms. The summed E-state index contributed by atoms with van der Waals surface area (Å²) in [5.41, 5.74) is -0.496. The number of hydrogen-bond donors (Lipinski definition) is 2. The second kappa shape index (κ2) is 9.84. The molecule has 1 aromatic carbocycles. The first kappa shape index (κ1) is 19.9. The molecule has 0 radical (unpaired) electrons. The number of nitriles is 1. The summed E-state index contributed by atoms with van der Waals surface area (Å²) in [7, 11) is 0. The van der Waals surface area contributed by atoms with Crippen molar-refractivity contribution in [2.24, 2.45) is 0 Å². The number of amides is 2. The van der Waals surface area contributed by atoms with Crippen molar-refractivity contribution in [3.05, 3.63) is 38.9 Å². The Kier molecular flexibility index (Phi) is 7.81. The van der Waals surface area contributed by atoms with Gasteiger partial charge in [-0.1, -0.05) is 11.6 Å². The summed E-state index contributed by atoms with van der Waals surface area (Å²) in [6.45, 7) is -0.938. The Hall–Kier alpha value is -3.19. The molecule has 25 heavy (non-hydrogen) atoms. The lowest BCUT2D eigenvalue weighted by Gasteiger charge is -2.07. The maximum absolute atomic E-state index is 11.9. The van der Waals surface area contributed by atoms with E-state index in [2.05, 4.69) is 15.4 Å². The number of carbonyl (C=O) groups excluding carboxylic acids is 3. The van der Waals surface area contributed by atoms with Crippen molar-refractivity contribution in [2.75, 3.05) is 19.7 Å². The molecule has 0 saturated heterocycles. The van der Waals surface area contributed by atoms with E-state index in [-0.39, 0.29) is 23.6 Å². The molecule has 0 aliphatic heterocycles. The van der Waals surface area contributed by atoms with Crippen LogP contribution in [-0.2, 0) is 14.3 Å². The van der Waals surface area contributed by atoms with Gasteiger partial charge in [0.2, 0.25) is 0 Å². The van der Waals surface area contributed by atoms with Gasteiger partial charge in [-0.2, -0.15) is 5.26 Å². The molecular formula is C14H13ClN4O6. The molecule has 2 amide bonds. The van der Waals surface area contributed by atoms with Crippen LogP contribution in [0.15, 0.2) is 18.2 Å². The number of carbonyl (C=O) groups is 3. The Balaban J connectivity index is 2.45. The largest absolute Gasteiger partial charge is 0.454 e.